The summed E-state index contributed by atoms with van der Waals surface area (Å²) in [5, 5.41) is 6.73. The topological polar surface area (TPSA) is 50.4 Å². The van der Waals surface area contributed by atoms with Gasteiger partial charge in [0.25, 0.3) is 0 Å². The molecule has 1 atom stereocenters. The highest BCUT2D eigenvalue weighted by Crippen LogP contribution is 2.10. The molecule has 1 unspecified atom stereocenters. The second-order valence-corrected chi connectivity index (χ2v) is 4.81. The van der Waals surface area contributed by atoms with Crippen molar-refractivity contribution in [3.8, 4) is 0 Å². The van der Waals surface area contributed by atoms with E-state index in [0.717, 1.165) is 12.0 Å². The van der Waals surface area contributed by atoms with Crippen LogP contribution in [0.25, 0.3) is 0 Å². The second-order valence-electron chi connectivity index (χ2n) is 4.37. The molecule has 1 rings (SSSR count). The van der Waals surface area contributed by atoms with E-state index in [0.29, 0.717) is 24.7 Å². The van der Waals surface area contributed by atoms with Gasteiger partial charge in [-0.2, -0.15) is 0 Å². The first-order chi connectivity index (χ1) is 9.13. The van der Waals surface area contributed by atoms with E-state index >= 15 is 0 Å². The third-order valence-electron chi connectivity index (χ3n) is 2.72. The molecule has 19 heavy (non-hydrogen) atoms. The Morgan fingerprint density at radius 3 is 2.95 bits per heavy atom. The summed E-state index contributed by atoms with van der Waals surface area (Å²) < 4.78 is 4.92. The Labute approximate surface area is 119 Å². The van der Waals surface area contributed by atoms with Gasteiger partial charge in [0.1, 0.15) is 0 Å². The number of hydrogen-bond acceptors (Lipinski definition) is 3. The van der Waals surface area contributed by atoms with Crippen LogP contribution in [-0.2, 0) is 16.1 Å². The number of benzene rings is 1. The van der Waals surface area contributed by atoms with Crippen LogP contribution < -0.4 is 10.6 Å². The molecule has 106 valence electrons. The molecule has 2 N–H and O–H groups in total. The largest absolute Gasteiger partial charge is 0.385 e. The fourth-order valence-corrected chi connectivity index (χ4v) is 1.80. The molecule has 0 bridgehead atoms. The van der Waals surface area contributed by atoms with Crippen molar-refractivity contribution in [3.05, 3.63) is 34.9 Å². The van der Waals surface area contributed by atoms with Crippen molar-refractivity contribution in [1.82, 2.24) is 10.6 Å². The van der Waals surface area contributed by atoms with Crippen molar-refractivity contribution >= 4 is 17.5 Å². The summed E-state index contributed by atoms with van der Waals surface area (Å²) in [7, 11) is 1.65. The Morgan fingerprint density at radius 2 is 2.26 bits per heavy atom. The first kappa shape index (κ1) is 16.0. The molecular weight excluding hydrogens is 264 g/mol. The summed E-state index contributed by atoms with van der Waals surface area (Å²) >= 11 is 5.90. The minimum absolute atomic E-state index is 0.00173. The van der Waals surface area contributed by atoms with E-state index in [9.17, 15) is 4.79 Å². The zero-order chi connectivity index (χ0) is 14.1. The van der Waals surface area contributed by atoms with Crippen LogP contribution in [0.2, 0.25) is 5.02 Å². The summed E-state index contributed by atoms with van der Waals surface area (Å²) in [6.07, 6.45) is 0.823. The zero-order valence-corrected chi connectivity index (χ0v) is 12.2. The van der Waals surface area contributed by atoms with Gasteiger partial charge in [-0.1, -0.05) is 23.7 Å². The van der Waals surface area contributed by atoms with E-state index in [-0.39, 0.29) is 11.9 Å². The number of carbonyl (C=O) groups excluding carboxylic acids is 1. The smallest absolute Gasteiger partial charge is 0.236 e. The minimum Gasteiger partial charge on any atom is -0.385 e. The predicted octanol–water partition coefficient (Wildman–Crippen LogP) is 1.97. The highest BCUT2D eigenvalue weighted by Gasteiger charge is 2.11. The van der Waals surface area contributed by atoms with Crippen molar-refractivity contribution in [1.29, 1.82) is 0 Å². The molecule has 0 spiro atoms. The Kier molecular flexibility index (Phi) is 7.48. The summed E-state index contributed by atoms with van der Waals surface area (Å²) in [6.45, 7) is 3.75. The fraction of sp³-hybridized carbons (Fsp3) is 0.500. The first-order valence-electron chi connectivity index (χ1n) is 6.38. The highest BCUT2D eigenvalue weighted by atomic mass is 35.5. The van der Waals surface area contributed by atoms with Crippen LogP contribution in [-0.4, -0.2) is 32.2 Å². The van der Waals surface area contributed by atoms with Crippen LogP contribution in [0, 0.1) is 0 Å². The SMILES string of the molecule is COCCCNC(=O)C(C)NCc1cccc(Cl)c1. The maximum absolute atomic E-state index is 11.8. The van der Waals surface area contributed by atoms with Crippen molar-refractivity contribution in [2.75, 3.05) is 20.3 Å². The van der Waals surface area contributed by atoms with Gasteiger partial charge in [0.2, 0.25) is 5.91 Å². The van der Waals surface area contributed by atoms with Gasteiger partial charge >= 0.3 is 0 Å². The second kappa shape index (κ2) is 8.91. The molecule has 1 amide bonds. The molecule has 1 aromatic carbocycles. The van der Waals surface area contributed by atoms with Gasteiger partial charge in [-0.25, -0.2) is 0 Å². The molecule has 5 heteroatoms. The molecule has 4 nitrogen and oxygen atoms in total. The Bertz CT molecular complexity index is 399. The molecule has 0 saturated heterocycles. The summed E-state index contributed by atoms with van der Waals surface area (Å²) in [6, 6.07) is 7.35. The molecule has 1 aromatic rings. The number of nitrogens with one attached hydrogen (secondary N) is 2. The van der Waals surface area contributed by atoms with Crippen LogP contribution in [0.3, 0.4) is 0 Å². The fourth-order valence-electron chi connectivity index (χ4n) is 1.59. The van der Waals surface area contributed by atoms with Gasteiger partial charge in [-0.3, -0.25) is 4.79 Å². The van der Waals surface area contributed by atoms with E-state index in [1.165, 1.54) is 0 Å². The lowest BCUT2D eigenvalue weighted by atomic mass is 10.2. The van der Waals surface area contributed by atoms with Gasteiger partial charge in [0, 0.05) is 31.8 Å². The third kappa shape index (κ3) is 6.57. The van der Waals surface area contributed by atoms with E-state index in [2.05, 4.69) is 10.6 Å². The molecule has 0 aliphatic rings. The molecule has 0 saturated carbocycles. The van der Waals surface area contributed by atoms with Crippen LogP contribution in [0.4, 0.5) is 0 Å². The van der Waals surface area contributed by atoms with Crippen LogP contribution in [0.1, 0.15) is 18.9 Å². The average Bonchev–Trinajstić information content (AvgIpc) is 2.41. The monoisotopic (exact) mass is 284 g/mol. The van der Waals surface area contributed by atoms with Crippen LogP contribution >= 0.6 is 11.6 Å². The molecule has 0 aliphatic carbocycles. The molecule has 0 aliphatic heterocycles. The van der Waals surface area contributed by atoms with E-state index < -0.39 is 0 Å². The maximum atomic E-state index is 11.8. The van der Waals surface area contributed by atoms with Gasteiger partial charge in [0.15, 0.2) is 0 Å². The quantitative estimate of drug-likeness (QED) is 0.718. The zero-order valence-electron chi connectivity index (χ0n) is 11.4. The number of hydrogen-bond donors (Lipinski definition) is 2. The summed E-state index contributed by atoms with van der Waals surface area (Å²) in [5.74, 6) is -0.00173. The Hall–Kier alpha value is -1.10. The molecule has 0 fully saturated rings. The molecule has 0 heterocycles. The van der Waals surface area contributed by atoms with Crippen molar-refractivity contribution in [3.63, 3.8) is 0 Å². The lowest BCUT2D eigenvalue weighted by molar-refractivity contribution is -0.122. The number of ether oxygens (including phenoxy) is 1. The lowest BCUT2D eigenvalue weighted by Crippen LogP contribution is -2.42. The highest BCUT2D eigenvalue weighted by molar-refractivity contribution is 6.30. The van der Waals surface area contributed by atoms with Crippen molar-refractivity contribution in [2.24, 2.45) is 0 Å². The number of carbonyl (C=O) groups is 1. The standard InChI is InChI=1S/C14H21ClN2O2/c1-11(14(18)16-7-4-8-19-2)17-10-12-5-3-6-13(15)9-12/h3,5-6,9,11,17H,4,7-8,10H2,1-2H3,(H,16,18). The van der Waals surface area contributed by atoms with E-state index in [1.54, 1.807) is 7.11 Å². The van der Waals surface area contributed by atoms with Gasteiger partial charge in [0.05, 0.1) is 6.04 Å². The lowest BCUT2D eigenvalue weighted by Gasteiger charge is -2.14. The Morgan fingerprint density at radius 1 is 1.47 bits per heavy atom. The Balaban J connectivity index is 2.26. The first-order valence-corrected chi connectivity index (χ1v) is 6.75. The molecular formula is C14H21ClN2O2. The molecule has 0 radical (unpaired) electrons. The predicted molar refractivity (Wildman–Crippen MR) is 77.3 cm³/mol. The van der Waals surface area contributed by atoms with Gasteiger partial charge < -0.3 is 15.4 Å². The van der Waals surface area contributed by atoms with Crippen molar-refractivity contribution < 1.29 is 9.53 Å². The molecule has 0 aromatic heterocycles. The number of rotatable bonds is 8. The third-order valence-corrected chi connectivity index (χ3v) is 2.95. The minimum atomic E-state index is -0.235. The normalized spacial score (nSPS) is 12.2. The number of amides is 1. The van der Waals surface area contributed by atoms with Crippen molar-refractivity contribution in [2.45, 2.75) is 25.9 Å². The number of halogens is 1. The van der Waals surface area contributed by atoms with Gasteiger partial charge in [-0.15, -0.1) is 0 Å². The van der Waals surface area contributed by atoms with Gasteiger partial charge in [-0.05, 0) is 31.0 Å². The average molecular weight is 285 g/mol. The number of methoxy groups -OCH3 is 1. The van der Waals surface area contributed by atoms with Crippen LogP contribution in [0.5, 0.6) is 0 Å². The summed E-state index contributed by atoms with van der Waals surface area (Å²) in [5.41, 5.74) is 1.06. The van der Waals surface area contributed by atoms with E-state index in [1.807, 2.05) is 31.2 Å². The van der Waals surface area contributed by atoms with Crippen LogP contribution in [0.15, 0.2) is 24.3 Å². The van der Waals surface area contributed by atoms with E-state index in [4.69, 9.17) is 16.3 Å². The maximum Gasteiger partial charge on any atom is 0.236 e. The summed E-state index contributed by atoms with van der Waals surface area (Å²) in [4.78, 5) is 11.8.